The van der Waals surface area contributed by atoms with Crippen molar-refractivity contribution in [3.8, 4) is 0 Å². The van der Waals surface area contributed by atoms with Gasteiger partial charge in [-0.15, -0.1) is 0 Å². The van der Waals surface area contributed by atoms with Crippen molar-refractivity contribution in [3.05, 3.63) is 35.4 Å². The number of hydrogen-bond donors (Lipinski definition) is 1. The highest BCUT2D eigenvalue weighted by Crippen LogP contribution is 2.04. The zero-order valence-corrected chi connectivity index (χ0v) is 10.8. The maximum atomic E-state index is 11.6. The van der Waals surface area contributed by atoms with Crippen molar-refractivity contribution in [2.24, 2.45) is 0 Å². The molecule has 0 unspecified atom stereocenters. The largest absolute Gasteiger partial charge is 0.350 e. The molecule has 2 aromatic rings. The van der Waals surface area contributed by atoms with Gasteiger partial charge in [-0.25, -0.2) is 0 Å². The minimum atomic E-state index is -0.112. The van der Waals surface area contributed by atoms with E-state index in [1.165, 1.54) is 10.9 Å². The van der Waals surface area contributed by atoms with E-state index in [0.717, 1.165) is 12.1 Å². The Kier molecular flexibility index (Phi) is 3.99. The zero-order valence-electron chi connectivity index (χ0n) is 10.0. The van der Waals surface area contributed by atoms with Crippen molar-refractivity contribution >= 4 is 17.5 Å². The summed E-state index contributed by atoms with van der Waals surface area (Å²) in [4.78, 5) is 11.6. The van der Waals surface area contributed by atoms with Crippen LogP contribution in [0, 0.1) is 0 Å². The van der Waals surface area contributed by atoms with E-state index in [9.17, 15) is 4.79 Å². The Morgan fingerprint density at radius 2 is 2.11 bits per heavy atom. The fraction of sp³-hybridized carbons (Fsp3) is 0.364. The summed E-state index contributed by atoms with van der Waals surface area (Å²) < 4.78 is 3.31. The maximum Gasteiger partial charge on any atom is 0.242 e. The van der Waals surface area contributed by atoms with Crippen LogP contribution in [-0.4, -0.2) is 25.5 Å². The molecule has 0 aliphatic carbocycles. The number of rotatable bonds is 5. The van der Waals surface area contributed by atoms with Crippen molar-refractivity contribution in [2.75, 3.05) is 0 Å². The third kappa shape index (κ3) is 3.33. The number of aromatic nitrogens is 4. The van der Waals surface area contributed by atoms with Crippen LogP contribution >= 0.6 is 11.6 Å². The minimum Gasteiger partial charge on any atom is -0.350 e. The SMILES string of the molecule is CCn1cc(CNC(=O)Cn2cc(Cl)cn2)cn1. The molecular weight excluding hydrogens is 254 g/mol. The van der Waals surface area contributed by atoms with Crippen LogP contribution in [-0.2, 0) is 24.4 Å². The Balaban J connectivity index is 1.81. The molecule has 18 heavy (non-hydrogen) atoms. The number of carbonyl (C=O) groups is 1. The lowest BCUT2D eigenvalue weighted by atomic mass is 10.3. The highest BCUT2D eigenvalue weighted by atomic mass is 35.5. The van der Waals surface area contributed by atoms with Gasteiger partial charge in [0.15, 0.2) is 0 Å². The predicted molar refractivity (Wildman–Crippen MR) is 67.0 cm³/mol. The number of carbonyl (C=O) groups excluding carboxylic acids is 1. The Bertz CT molecular complexity index is 533. The van der Waals surface area contributed by atoms with E-state index in [1.807, 2.05) is 17.8 Å². The summed E-state index contributed by atoms with van der Waals surface area (Å²) in [6, 6.07) is 0. The summed E-state index contributed by atoms with van der Waals surface area (Å²) in [5.74, 6) is -0.112. The molecule has 2 aromatic heterocycles. The first-order chi connectivity index (χ1) is 8.67. The van der Waals surface area contributed by atoms with Crippen LogP contribution in [0.5, 0.6) is 0 Å². The maximum absolute atomic E-state index is 11.6. The molecule has 0 radical (unpaired) electrons. The standard InChI is InChI=1S/C11H14ClN5O/c1-2-16-6-9(4-14-16)3-13-11(18)8-17-7-10(12)5-15-17/h4-7H,2-3,8H2,1H3,(H,13,18). The lowest BCUT2D eigenvalue weighted by molar-refractivity contribution is -0.122. The van der Waals surface area contributed by atoms with Crippen molar-refractivity contribution in [1.29, 1.82) is 0 Å². The van der Waals surface area contributed by atoms with Crippen LogP contribution in [0.2, 0.25) is 5.02 Å². The van der Waals surface area contributed by atoms with Gasteiger partial charge in [-0.05, 0) is 6.92 Å². The number of nitrogens with zero attached hydrogens (tertiary/aromatic N) is 4. The second-order valence-electron chi connectivity index (χ2n) is 3.84. The number of amides is 1. The number of halogens is 1. The van der Waals surface area contributed by atoms with Gasteiger partial charge in [0, 0.05) is 31.0 Å². The van der Waals surface area contributed by atoms with Gasteiger partial charge in [0.05, 0.1) is 17.4 Å². The van der Waals surface area contributed by atoms with E-state index < -0.39 is 0 Å². The molecule has 6 nitrogen and oxygen atoms in total. The van der Waals surface area contributed by atoms with Gasteiger partial charge in [-0.3, -0.25) is 14.2 Å². The molecule has 7 heteroatoms. The third-order valence-electron chi connectivity index (χ3n) is 2.41. The molecular formula is C11H14ClN5O. The highest BCUT2D eigenvalue weighted by molar-refractivity contribution is 6.30. The summed E-state index contributed by atoms with van der Waals surface area (Å²) in [5, 5.41) is 11.4. The van der Waals surface area contributed by atoms with E-state index in [2.05, 4.69) is 15.5 Å². The Hall–Kier alpha value is -1.82. The molecule has 1 N–H and O–H groups in total. The van der Waals surface area contributed by atoms with E-state index in [0.29, 0.717) is 11.6 Å². The average Bonchev–Trinajstić information content (AvgIpc) is 2.95. The molecule has 0 atom stereocenters. The first-order valence-electron chi connectivity index (χ1n) is 5.63. The Morgan fingerprint density at radius 3 is 2.72 bits per heavy atom. The van der Waals surface area contributed by atoms with Crippen molar-refractivity contribution in [1.82, 2.24) is 24.9 Å². The number of aryl methyl sites for hydroxylation is 1. The fourth-order valence-electron chi connectivity index (χ4n) is 1.50. The third-order valence-corrected chi connectivity index (χ3v) is 2.60. The van der Waals surface area contributed by atoms with Crippen LogP contribution in [0.3, 0.4) is 0 Å². The van der Waals surface area contributed by atoms with Crippen LogP contribution in [0.4, 0.5) is 0 Å². The van der Waals surface area contributed by atoms with E-state index in [-0.39, 0.29) is 12.5 Å². The van der Waals surface area contributed by atoms with E-state index in [4.69, 9.17) is 11.6 Å². The first-order valence-corrected chi connectivity index (χ1v) is 6.01. The van der Waals surface area contributed by atoms with Gasteiger partial charge in [0.2, 0.25) is 5.91 Å². The second kappa shape index (κ2) is 5.68. The molecule has 0 saturated carbocycles. The first kappa shape index (κ1) is 12.6. The molecule has 0 saturated heterocycles. The van der Waals surface area contributed by atoms with Crippen LogP contribution in [0.25, 0.3) is 0 Å². The van der Waals surface area contributed by atoms with Crippen molar-refractivity contribution < 1.29 is 4.79 Å². The lowest BCUT2D eigenvalue weighted by Gasteiger charge is -2.03. The molecule has 0 bridgehead atoms. The van der Waals surface area contributed by atoms with Gasteiger partial charge >= 0.3 is 0 Å². The summed E-state index contributed by atoms with van der Waals surface area (Å²) in [6.07, 6.45) is 6.76. The number of nitrogens with one attached hydrogen (secondary N) is 1. The molecule has 0 fully saturated rings. The summed E-state index contributed by atoms with van der Waals surface area (Å²) in [5.41, 5.74) is 0.976. The molecule has 0 spiro atoms. The van der Waals surface area contributed by atoms with Crippen LogP contribution in [0.15, 0.2) is 24.8 Å². The molecule has 2 heterocycles. The molecule has 1 amide bonds. The van der Waals surface area contributed by atoms with Crippen LogP contribution < -0.4 is 5.32 Å². The quantitative estimate of drug-likeness (QED) is 0.881. The Morgan fingerprint density at radius 1 is 1.33 bits per heavy atom. The van der Waals surface area contributed by atoms with E-state index in [1.54, 1.807) is 12.4 Å². The van der Waals surface area contributed by atoms with Crippen LogP contribution in [0.1, 0.15) is 12.5 Å². The topological polar surface area (TPSA) is 64.7 Å². The van der Waals surface area contributed by atoms with Gasteiger partial charge in [-0.1, -0.05) is 11.6 Å². The molecule has 0 aliphatic rings. The second-order valence-corrected chi connectivity index (χ2v) is 4.27. The molecule has 0 aromatic carbocycles. The average molecular weight is 268 g/mol. The van der Waals surface area contributed by atoms with Crippen molar-refractivity contribution in [2.45, 2.75) is 26.6 Å². The van der Waals surface area contributed by atoms with Gasteiger partial charge in [-0.2, -0.15) is 10.2 Å². The van der Waals surface area contributed by atoms with Crippen molar-refractivity contribution in [3.63, 3.8) is 0 Å². The van der Waals surface area contributed by atoms with Gasteiger partial charge in [0.25, 0.3) is 0 Å². The predicted octanol–water partition coefficient (Wildman–Crippen LogP) is 1.07. The minimum absolute atomic E-state index is 0.112. The number of hydrogen-bond acceptors (Lipinski definition) is 3. The normalized spacial score (nSPS) is 10.6. The molecule has 96 valence electrons. The monoisotopic (exact) mass is 267 g/mol. The molecule has 0 aliphatic heterocycles. The van der Waals surface area contributed by atoms with Gasteiger partial charge in [0.1, 0.15) is 6.54 Å². The lowest BCUT2D eigenvalue weighted by Crippen LogP contribution is -2.27. The molecule has 2 rings (SSSR count). The zero-order chi connectivity index (χ0) is 13.0. The van der Waals surface area contributed by atoms with Gasteiger partial charge < -0.3 is 5.32 Å². The smallest absolute Gasteiger partial charge is 0.242 e. The summed E-state index contributed by atoms with van der Waals surface area (Å²) in [7, 11) is 0. The van der Waals surface area contributed by atoms with E-state index >= 15 is 0 Å². The highest BCUT2D eigenvalue weighted by Gasteiger charge is 2.05. The summed E-state index contributed by atoms with van der Waals surface area (Å²) >= 11 is 5.71. The Labute approximate surface area is 110 Å². The fourth-order valence-corrected chi connectivity index (χ4v) is 1.66. The summed E-state index contributed by atoms with van der Waals surface area (Å²) in [6.45, 7) is 3.46.